The molecule has 0 aromatic carbocycles. The summed E-state index contributed by atoms with van der Waals surface area (Å²) in [6.45, 7) is 6.67. The van der Waals surface area contributed by atoms with Crippen LogP contribution < -0.4 is 27.1 Å². The second kappa shape index (κ2) is 5.40. The Morgan fingerprint density at radius 3 is 2.92 bits per heavy atom. The normalized spacial score (nSPS) is 28.3. The molecule has 1 fully saturated rings. The van der Waals surface area contributed by atoms with Gasteiger partial charge in [0, 0.05) is 0 Å². The van der Waals surface area contributed by atoms with E-state index in [1.807, 2.05) is 0 Å². The quantitative estimate of drug-likeness (QED) is 0.388. The maximum absolute atomic E-state index is 5.46. The van der Waals surface area contributed by atoms with Crippen molar-refractivity contribution in [1.82, 2.24) is 5.48 Å². The zero-order valence-corrected chi connectivity index (χ0v) is 10.3. The van der Waals surface area contributed by atoms with Gasteiger partial charge in [0.2, 0.25) is 0 Å². The SMILES string of the molecule is CCC[C@@H]1CC1NO[I-]C(C)C. The van der Waals surface area contributed by atoms with Crippen LogP contribution in [0, 0.1) is 5.92 Å². The summed E-state index contributed by atoms with van der Waals surface area (Å²) in [5, 5.41) is 0. The average molecular weight is 284 g/mol. The molecule has 0 amide bonds. The van der Waals surface area contributed by atoms with Crippen molar-refractivity contribution in [2.75, 3.05) is 0 Å². The van der Waals surface area contributed by atoms with Gasteiger partial charge in [0.15, 0.2) is 0 Å². The van der Waals surface area contributed by atoms with Crippen molar-refractivity contribution >= 4 is 0 Å². The fourth-order valence-corrected chi connectivity index (χ4v) is 2.24. The number of hydrogen-bond donors (Lipinski definition) is 1. The van der Waals surface area contributed by atoms with Crippen LogP contribution in [0.5, 0.6) is 0 Å². The fraction of sp³-hybridized carbons (Fsp3) is 1.00. The molecule has 0 aromatic heterocycles. The van der Waals surface area contributed by atoms with E-state index in [0.29, 0.717) is 6.04 Å². The second-order valence-electron chi connectivity index (χ2n) is 3.69. The standard InChI is InChI=1S/C9H19INO/c1-4-5-8-6-9(8)11-12-10-7(2)3/h7-9,11H,4-6H2,1-3H3/q-1/t8-,9?/m1/s1. The van der Waals surface area contributed by atoms with Gasteiger partial charge in [0.25, 0.3) is 0 Å². The maximum atomic E-state index is 5.46. The topological polar surface area (TPSA) is 21.3 Å². The predicted octanol–water partition coefficient (Wildman–Crippen LogP) is -0.891. The van der Waals surface area contributed by atoms with Gasteiger partial charge in [0.05, 0.1) is 0 Å². The van der Waals surface area contributed by atoms with E-state index in [4.69, 9.17) is 3.17 Å². The Hall–Kier alpha value is 0.650. The fourth-order valence-electron chi connectivity index (χ4n) is 1.25. The first-order valence-corrected chi connectivity index (χ1v) is 6.91. The molecule has 2 nitrogen and oxygen atoms in total. The Morgan fingerprint density at radius 1 is 1.58 bits per heavy atom. The van der Waals surface area contributed by atoms with Gasteiger partial charge in [-0.1, -0.05) is 0 Å². The molecule has 1 unspecified atom stereocenters. The molecule has 3 heteroatoms. The summed E-state index contributed by atoms with van der Waals surface area (Å²) in [5.41, 5.74) is 3.17. The van der Waals surface area contributed by atoms with Gasteiger partial charge < -0.3 is 0 Å². The van der Waals surface area contributed by atoms with Crippen LogP contribution >= 0.6 is 0 Å². The number of nitrogens with one attached hydrogen (secondary N) is 1. The van der Waals surface area contributed by atoms with E-state index in [0.717, 1.165) is 9.84 Å². The van der Waals surface area contributed by atoms with E-state index in [1.54, 1.807) is 0 Å². The van der Waals surface area contributed by atoms with Crippen molar-refractivity contribution in [2.24, 2.45) is 5.92 Å². The molecule has 1 aliphatic rings. The van der Waals surface area contributed by atoms with Crippen LogP contribution in [0.25, 0.3) is 0 Å². The average Bonchev–Trinajstić information content (AvgIpc) is 2.68. The summed E-state index contributed by atoms with van der Waals surface area (Å²) in [6, 6.07) is 0.684. The van der Waals surface area contributed by atoms with E-state index in [-0.39, 0.29) is 21.6 Å². The molecule has 0 bridgehead atoms. The Morgan fingerprint density at radius 2 is 2.33 bits per heavy atom. The van der Waals surface area contributed by atoms with Crippen LogP contribution in [-0.2, 0) is 3.17 Å². The Kier molecular flexibility index (Phi) is 4.82. The van der Waals surface area contributed by atoms with Gasteiger partial charge in [-0.05, 0) is 0 Å². The zero-order valence-electron chi connectivity index (χ0n) is 8.14. The van der Waals surface area contributed by atoms with E-state index in [2.05, 4.69) is 26.3 Å². The summed E-state index contributed by atoms with van der Waals surface area (Å²) >= 11 is -0.0687. The minimum absolute atomic E-state index is 0.0687. The summed E-state index contributed by atoms with van der Waals surface area (Å²) in [5.74, 6) is 0.908. The predicted molar refractivity (Wildman–Crippen MR) is 46.2 cm³/mol. The monoisotopic (exact) mass is 284 g/mol. The van der Waals surface area contributed by atoms with Gasteiger partial charge >= 0.3 is 86.2 Å². The van der Waals surface area contributed by atoms with Crippen molar-refractivity contribution < 1.29 is 24.8 Å². The Balaban J connectivity index is 1.90. The summed E-state index contributed by atoms with van der Waals surface area (Å²) in [7, 11) is 0. The molecular formula is C9H19INO-. The third kappa shape index (κ3) is 4.05. The second-order valence-corrected chi connectivity index (χ2v) is 7.13. The van der Waals surface area contributed by atoms with Gasteiger partial charge in [-0.15, -0.1) is 0 Å². The molecular weight excluding hydrogens is 265 g/mol. The number of hydroxylamine groups is 1. The number of alkyl halides is 1. The van der Waals surface area contributed by atoms with Crippen LogP contribution in [0.3, 0.4) is 0 Å². The molecule has 1 aliphatic carbocycles. The van der Waals surface area contributed by atoms with E-state index in [9.17, 15) is 0 Å². The zero-order chi connectivity index (χ0) is 8.97. The van der Waals surface area contributed by atoms with Gasteiger partial charge in [0.1, 0.15) is 0 Å². The molecule has 1 N–H and O–H groups in total. The van der Waals surface area contributed by atoms with Gasteiger partial charge in [-0.3, -0.25) is 0 Å². The van der Waals surface area contributed by atoms with Crippen LogP contribution in [0.4, 0.5) is 0 Å². The van der Waals surface area contributed by atoms with Crippen LogP contribution in [0.15, 0.2) is 0 Å². The molecule has 0 spiro atoms. The number of hydrogen-bond acceptors (Lipinski definition) is 2. The van der Waals surface area contributed by atoms with Crippen molar-refractivity contribution in [3.05, 3.63) is 0 Å². The van der Waals surface area contributed by atoms with Crippen LogP contribution in [-0.4, -0.2) is 9.97 Å². The molecule has 0 heterocycles. The van der Waals surface area contributed by atoms with Crippen molar-refractivity contribution in [3.63, 3.8) is 0 Å². The van der Waals surface area contributed by atoms with E-state index in [1.165, 1.54) is 19.3 Å². The van der Waals surface area contributed by atoms with Crippen molar-refractivity contribution in [3.8, 4) is 0 Å². The molecule has 0 aliphatic heterocycles. The van der Waals surface area contributed by atoms with Gasteiger partial charge in [-0.25, -0.2) is 0 Å². The van der Waals surface area contributed by atoms with E-state index < -0.39 is 0 Å². The van der Waals surface area contributed by atoms with Crippen molar-refractivity contribution in [1.29, 1.82) is 0 Å². The molecule has 0 aromatic rings. The van der Waals surface area contributed by atoms with Crippen LogP contribution in [0.2, 0.25) is 0 Å². The summed E-state index contributed by atoms with van der Waals surface area (Å²) < 4.78 is 6.19. The first kappa shape index (κ1) is 10.7. The van der Waals surface area contributed by atoms with Crippen molar-refractivity contribution in [2.45, 2.75) is 50.0 Å². The first-order chi connectivity index (χ1) is 5.74. The Bertz CT molecular complexity index is 130. The molecule has 74 valence electrons. The van der Waals surface area contributed by atoms with Crippen LogP contribution in [0.1, 0.15) is 40.0 Å². The minimum atomic E-state index is -0.0687. The van der Waals surface area contributed by atoms with Gasteiger partial charge in [-0.2, -0.15) is 0 Å². The molecule has 1 rings (SSSR count). The molecule has 2 atom stereocenters. The third-order valence-electron chi connectivity index (χ3n) is 2.00. The molecule has 0 saturated heterocycles. The van der Waals surface area contributed by atoms with E-state index >= 15 is 0 Å². The summed E-state index contributed by atoms with van der Waals surface area (Å²) in [6.07, 6.45) is 4.00. The molecule has 0 radical (unpaired) electrons. The molecule has 12 heavy (non-hydrogen) atoms. The summed E-state index contributed by atoms with van der Waals surface area (Å²) in [4.78, 5) is 0. The third-order valence-corrected chi connectivity index (χ3v) is 3.53. The number of rotatable bonds is 6. The first-order valence-electron chi connectivity index (χ1n) is 4.79. The Labute approximate surface area is 86.2 Å². The number of halogens is 1. The molecule has 1 saturated carbocycles.